The van der Waals surface area contributed by atoms with Gasteiger partial charge in [0.2, 0.25) is 0 Å². The highest BCUT2D eigenvalue weighted by Gasteiger charge is 2.13. The van der Waals surface area contributed by atoms with Crippen molar-refractivity contribution in [2.24, 2.45) is 0 Å². The molecule has 0 spiro atoms. The van der Waals surface area contributed by atoms with Crippen LogP contribution < -0.4 is 5.32 Å². The quantitative estimate of drug-likeness (QED) is 0.788. The van der Waals surface area contributed by atoms with Gasteiger partial charge in [-0.05, 0) is 26.5 Å². The van der Waals surface area contributed by atoms with Gasteiger partial charge in [-0.2, -0.15) is 0 Å². The second-order valence-corrected chi connectivity index (χ2v) is 4.45. The molecular weight excluding hydrogens is 200 g/mol. The van der Waals surface area contributed by atoms with Crippen molar-refractivity contribution in [2.75, 3.05) is 20.1 Å². The van der Waals surface area contributed by atoms with Crippen molar-refractivity contribution in [3.05, 3.63) is 35.3 Å². The number of nitrogens with one attached hydrogen (secondary N) is 1. The van der Waals surface area contributed by atoms with Crippen LogP contribution in [0.15, 0.2) is 28.4 Å². The summed E-state index contributed by atoms with van der Waals surface area (Å²) in [6.45, 7) is 6.26. The SMILES string of the molecule is CNCc1occc1CN1CCC=C(C)C1. The van der Waals surface area contributed by atoms with E-state index in [9.17, 15) is 0 Å². The lowest BCUT2D eigenvalue weighted by atomic mass is 10.1. The average molecular weight is 220 g/mol. The summed E-state index contributed by atoms with van der Waals surface area (Å²) in [7, 11) is 1.94. The van der Waals surface area contributed by atoms with Gasteiger partial charge in [0.05, 0.1) is 12.8 Å². The van der Waals surface area contributed by atoms with Crippen LogP contribution in [-0.2, 0) is 13.1 Å². The van der Waals surface area contributed by atoms with Crippen LogP contribution in [0.1, 0.15) is 24.7 Å². The standard InChI is InChI=1S/C13H20N2O/c1-11-4-3-6-15(9-11)10-12-5-7-16-13(12)8-14-2/h4-5,7,14H,3,6,8-10H2,1-2H3. The van der Waals surface area contributed by atoms with Crippen LogP contribution in [0.4, 0.5) is 0 Å². The Morgan fingerprint density at radius 1 is 1.50 bits per heavy atom. The maximum atomic E-state index is 5.47. The van der Waals surface area contributed by atoms with Crippen LogP contribution in [0.25, 0.3) is 0 Å². The fraction of sp³-hybridized carbons (Fsp3) is 0.538. The van der Waals surface area contributed by atoms with E-state index in [1.165, 1.54) is 17.6 Å². The Labute approximate surface area is 97.1 Å². The predicted octanol–water partition coefficient (Wildman–Crippen LogP) is 2.15. The van der Waals surface area contributed by atoms with Gasteiger partial charge in [0, 0.05) is 25.2 Å². The Bertz CT molecular complexity index is 368. The molecule has 16 heavy (non-hydrogen) atoms. The third-order valence-electron chi connectivity index (χ3n) is 2.98. The Kier molecular flexibility index (Phi) is 3.80. The first-order chi connectivity index (χ1) is 7.79. The van der Waals surface area contributed by atoms with Crippen molar-refractivity contribution in [3.63, 3.8) is 0 Å². The third-order valence-corrected chi connectivity index (χ3v) is 2.98. The van der Waals surface area contributed by atoms with Crippen molar-refractivity contribution in [3.8, 4) is 0 Å². The summed E-state index contributed by atoms with van der Waals surface area (Å²) in [5.74, 6) is 1.06. The molecule has 0 saturated heterocycles. The van der Waals surface area contributed by atoms with E-state index >= 15 is 0 Å². The lowest BCUT2D eigenvalue weighted by Gasteiger charge is -2.25. The van der Waals surface area contributed by atoms with E-state index in [4.69, 9.17) is 4.42 Å². The summed E-state index contributed by atoms with van der Waals surface area (Å²) in [6, 6.07) is 2.08. The zero-order valence-corrected chi connectivity index (χ0v) is 10.1. The summed E-state index contributed by atoms with van der Waals surface area (Å²) >= 11 is 0. The fourth-order valence-electron chi connectivity index (χ4n) is 2.19. The summed E-state index contributed by atoms with van der Waals surface area (Å²) in [4.78, 5) is 2.47. The number of nitrogens with zero attached hydrogens (tertiary/aromatic N) is 1. The molecule has 0 atom stereocenters. The molecule has 0 fully saturated rings. The van der Waals surface area contributed by atoms with Crippen molar-refractivity contribution >= 4 is 0 Å². The second kappa shape index (κ2) is 5.32. The van der Waals surface area contributed by atoms with Crippen molar-refractivity contribution in [1.82, 2.24) is 10.2 Å². The lowest BCUT2D eigenvalue weighted by molar-refractivity contribution is 0.279. The first kappa shape index (κ1) is 11.4. The number of rotatable bonds is 4. The predicted molar refractivity (Wildman–Crippen MR) is 65.1 cm³/mol. The van der Waals surface area contributed by atoms with Crippen molar-refractivity contribution < 1.29 is 4.42 Å². The summed E-state index contributed by atoms with van der Waals surface area (Å²) < 4.78 is 5.47. The number of hydrogen-bond acceptors (Lipinski definition) is 3. The Morgan fingerprint density at radius 2 is 2.38 bits per heavy atom. The molecule has 0 amide bonds. The number of hydrogen-bond donors (Lipinski definition) is 1. The highest BCUT2D eigenvalue weighted by atomic mass is 16.3. The van der Waals surface area contributed by atoms with Gasteiger partial charge >= 0.3 is 0 Å². The van der Waals surface area contributed by atoms with E-state index in [2.05, 4.69) is 29.3 Å². The Morgan fingerprint density at radius 3 is 3.12 bits per heavy atom. The minimum Gasteiger partial charge on any atom is -0.468 e. The molecule has 0 aliphatic carbocycles. The van der Waals surface area contributed by atoms with Gasteiger partial charge in [-0.15, -0.1) is 0 Å². The normalized spacial score (nSPS) is 17.5. The van der Waals surface area contributed by atoms with Gasteiger partial charge < -0.3 is 9.73 Å². The Balaban J connectivity index is 1.98. The summed E-state index contributed by atoms with van der Waals surface area (Å²) in [5, 5.41) is 3.13. The molecule has 0 saturated carbocycles. The van der Waals surface area contributed by atoms with E-state index in [-0.39, 0.29) is 0 Å². The Hall–Kier alpha value is -1.06. The first-order valence-electron chi connectivity index (χ1n) is 5.87. The van der Waals surface area contributed by atoms with Gasteiger partial charge in [-0.25, -0.2) is 0 Å². The molecule has 1 N–H and O–H groups in total. The minimum atomic E-state index is 0.811. The molecule has 3 nitrogen and oxygen atoms in total. The largest absolute Gasteiger partial charge is 0.468 e. The van der Waals surface area contributed by atoms with Gasteiger partial charge in [0.25, 0.3) is 0 Å². The molecule has 0 aromatic carbocycles. The molecule has 0 bridgehead atoms. The van der Waals surface area contributed by atoms with Crippen LogP contribution in [0.2, 0.25) is 0 Å². The van der Waals surface area contributed by atoms with E-state index in [0.29, 0.717) is 0 Å². The zero-order valence-electron chi connectivity index (χ0n) is 10.1. The molecule has 3 heteroatoms. The molecule has 2 rings (SSSR count). The average Bonchev–Trinajstić information content (AvgIpc) is 2.66. The van der Waals surface area contributed by atoms with Crippen molar-refractivity contribution in [1.29, 1.82) is 0 Å². The maximum Gasteiger partial charge on any atom is 0.122 e. The minimum absolute atomic E-state index is 0.811. The van der Waals surface area contributed by atoms with Gasteiger partial charge in [-0.3, -0.25) is 4.90 Å². The smallest absolute Gasteiger partial charge is 0.122 e. The lowest BCUT2D eigenvalue weighted by Crippen LogP contribution is -2.29. The summed E-state index contributed by atoms with van der Waals surface area (Å²) in [6.07, 6.45) is 5.29. The zero-order chi connectivity index (χ0) is 11.4. The van der Waals surface area contributed by atoms with Crippen LogP contribution in [0, 0.1) is 0 Å². The molecular formula is C13H20N2O. The molecule has 1 aliphatic rings. The molecule has 2 heterocycles. The molecule has 0 radical (unpaired) electrons. The monoisotopic (exact) mass is 220 g/mol. The summed E-state index contributed by atoms with van der Waals surface area (Å²) in [5.41, 5.74) is 2.79. The molecule has 1 aromatic rings. The maximum absolute atomic E-state index is 5.47. The van der Waals surface area contributed by atoms with Crippen LogP contribution in [0.3, 0.4) is 0 Å². The van der Waals surface area contributed by atoms with Gasteiger partial charge in [-0.1, -0.05) is 11.6 Å². The molecule has 1 aliphatic heterocycles. The molecule has 0 unspecified atom stereocenters. The highest BCUT2D eigenvalue weighted by Crippen LogP contribution is 2.16. The van der Waals surface area contributed by atoms with Gasteiger partial charge in [0.15, 0.2) is 0 Å². The molecule has 1 aromatic heterocycles. The third kappa shape index (κ3) is 2.74. The van der Waals surface area contributed by atoms with Crippen LogP contribution in [0.5, 0.6) is 0 Å². The van der Waals surface area contributed by atoms with Crippen LogP contribution >= 0.6 is 0 Å². The second-order valence-electron chi connectivity index (χ2n) is 4.45. The van der Waals surface area contributed by atoms with Crippen molar-refractivity contribution in [2.45, 2.75) is 26.4 Å². The van der Waals surface area contributed by atoms with E-state index in [0.717, 1.165) is 31.9 Å². The van der Waals surface area contributed by atoms with E-state index in [1.54, 1.807) is 6.26 Å². The molecule has 88 valence electrons. The van der Waals surface area contributed by atoms with Crippen LogP contribution in [-0.4, -0.2) is 25.0 Å². The fourth-order valence-corrected chi connectivity index (χ4v) is 2.19. The van der Waals surface area contributed by atoms with E-state index < -0.39 is 0 Å². The first-order valence-corrected chi connectivity index (χ1v) is 5.87. The number of furan rings is 1. The topological polar surface area (TPSA) is 28.4 Å². The highest BCUT2D eigenvalue weighted by molar-refractivity contribution is 5.18. The van der Waals surface area contributed by atoms with Gasteiger partial charge in [0.1, 0.15) is 5.76 Å². The van der Waals surface area contributed by atoms with E-state index in [1.807, 2.05) is 7.05 Å².